The number of nitrogens with one attached hydrogen (secondary N) is 1. The van der Waals surface area contributed by atoms with Gasteiger partial charge in [0.2, 0.25) is 15.9 Å². The molecule has 9 heteroatoms. The Bertz CT molecular complexity index is 917. The number of nitrogens with zero attached hydrogens (tertiary/aromatic N) is 2. The quantitative estimate of drug-likeness (QED) is 0.594. The summed E-state index contributed by atoms with van der Waals surface area (Å²) in [5, 5.41) is 10.8. The van der Waals surface area contributed by atoms with Gasteiger partial charge in [0.25, 0.3) is 5.69 Å². The standard InChI is InChI=1S/C20H27N3O5S/c1-14-17-4-2-5-19(24)22-13-3-11-20(17,22)12-10-18(14)21-29(27,28)16-8-6-15(7-9-16)23(25)26/h6-9,14,17-18,21H,2-5,10-13H2,1H3/t14-,17+,18+,20-/m1/s1. The number of hydrogen-bond donors (Lipinski definition) is 1. The molecule has 0 aromatic heterocycles. The monoisotopic (exact) mass is 421 g/mol. The van der Waals surface area contributed by atoms with Gasteiger partial charge in [-0.15, -0.1) is 0 Å². The minimum Gasteiger partial charge on any atom is -0.337 e. The Morgan fingerprint density at radius 3 is 2.59 bits per heavy atom. The van der Waals surface area contributed by atoms with Crippen molar-refractivity contribution in [2.75, 3.05) is 6.54 Å². The number of amides is 1. The molecular formula is C20H27N3O5S. The minimum absolute atomic E-state index is 0.0362. The van der Waals surface area contributed by atoms with Crippen molar-refractivity contribution in [1.82, 2.24) is 9.62 Å². The van der Waals surface area contributed by atoms with Crippen LogP contribution in [0.25, 0.3) is 0 Å². The maximum atomic E-state index is 12.9. The lowest BCUT2D eigenvalue weighted by molar-refractivity contribution is -0.384. The van der Waals surface area contributed by atoms with Crippen molar-refractivity contribution in [3.63, 3.8) is 0 Å². The van der Waals surface area contributed by atoms with Gasteiger partial charge in [0.05, 0.1) is 9.82 Å². The number of benzene rings is 1. The molecule has 29 heavy (non-hydrogen) atoms. The van der Waals surface area contributed by atoms with E-state index in [1.807, 2.05) is 0 Å². The van der Waals surface area contributed by atoms with Gasteiger partial charge >= 0.3 is 0 Å². The fourth-order valence-electron chi connectivity index (χ4n) is 5.86. The van der Waals surface area contributed by atoms with E-state index in [2.05, 4.69) is 16.5 Å². The third-order valence-electron chi connectivity index (χ3n) is 7.25. The normalized spacial score (nSPS) is 32.4. The van der Waals surface area contributed by atoms with E-state index >= 15 is 0 Å². The highest BCUT2D eigenvalue weighted by atomic mass is 32.2. The van der Waals surface area contributed by atoms with Crippen LogP contribution in [0.4, 0.5) is 5.69 Å². The molecule has 3 fully saturated rings. The molecule has 1 aromatic rings. The fraction of sp³-hybridized carbons (Fsp3) is 0.650. The van der Waals surface area contributed by atoms with Crippen LogP contribution >= 0.6 is 0 Å². The molecule has 0 radical (unpaired) electrons. The molecule has 2 aliphatic heterocycles. The van der Waals surface area contributed by atoms with Crippen LogP contribution in [0, 0.1) is 22.0 Å². The molecule has 2 saturated heterocycles. The van der Waals surface area contributed by atoms with Crippen molar-refractivity contribution in [2.45, 2.75) is 68.3 Å². The summed E-state index contributed by atoms with van der Waals surface area (Å²) in [6.07, 6.45) is 5.93. The average Bonchev–Trinajstić information content (AvgIpc) is 3.05. The first kappa shape index (κ1) is 20.3. The van der Waals surface area contributed by atoms with E-state index in [9.17, 15) is 23.3 Å². The van der Waals surface area contributed by atoms with Crippen LogP contribution < -0.4 is 4.72 Å². The number of carbonyl (C=O) groups is 1. The Labute approximate surface area is 170 Å². The SMILES string of the molecule is C[C@H]1[C@@H](NS(=O)(=O)c2ccc([N+](=O)[O-])cc2)CC[C@@]23CCCN2C(=O)CCC[C@@H]13. The van der Waals surface area contributed by atoms with Crippen LogP contribution in [-0.2, 0) is 14.8 Å². The summed E-state index contributed by atoms with van der Waals surface area (Å²) >= 11 is 0. The third-order valence-corrected chi connectivity index (χ3v) is 8.75. The second-order valence-electron chi connectivity index (χ2n) is 8.63. The van der Waals surface area contributed by atoms with Gasteiger partial charge < -0.3 is 4.90 Å². The molecule has 1 N–H and O–H groups in total. The average molecular weight is 422 g/mol. The molecule has 0 unspecified atom stereocenters. The number of non-ortho nitro benzene ring substituents is 1. The molecule has 1 spiro atoms. The Balaban J connectivity index is 1.55. The highest BCUT2D eigenvalue weighted by Crippen LogP contribution is 2.51. The van der Waals surface area contributed by atoms with Crippen LogP contribution in [0.2, 0.25) is 0 Å². The van der Waals surface area contributed by atoms with Crippen molar-refractivity contribution in [3.05, 3.63) is 34.4 Å². The van der Waals surface area contributed by atoms with Gasteiger partial charge in [-0.2, -0.15) is 0 Å². The lowest BCUT2D eigenvalue weighted by Gasteiger charge is -2.52. The lowest BCUT2D eigenvalue weighted by Crippen LogP contribution is -2.59. The van der Waals surface area contributed by atoms with E-state index in [1.165, 1.54) is 24.3 Å². The molecule has 1 aromatic carbocycles. The number of nitro groups is 1. The largest absolute Gasteiger partial charge is 0.337 e. The zero-order valence-corrected chi connectivity index (χ0v) is 17.4. The van der Waals surface area contributed by atoms with Crippen LogP contribution in [0.5, 0.6) is 0 Å². The zero-order chi connectivity index (χ0) is 20.8. The second kappa shape index (κ2) is 7.36. The number of hydrogen-bond acceptors (Lipinski definition) is 5. The molecule has 2 heterocycles. The van der Waals surface area contributed by atoms with Crippen LogP contribution in [0.15, 0.2) is 29.2 Å². The van der Waals surface area contributed by atoms with Crippen molar-refractivity contribution in [2.24, 2.45) is 11.8 Å². The molecule has 4 atom stereocenters. The molecule has 8 nitrogen and oxygen atoms in total. The van der Waals surface area contributed by atoms with E-state index in [1.54, 1.807) is 0 Å². The van der Waals surface area contributed by atoms with Crippen LogP contribution in [0.3, 0.4) is 0 Å². The molecule has 4 rings (SSSR count). The number of carbonyl (C=O) groups excluding carboxylic acids is 1. The topological polar surface area (TPSA) is 110 Å². The van der Waals surface area contributed by atoms with Crippen molar-refractivity contribution in [3.8, 4) is 0 Å². The molecule has 158 valence electrons. The highest BCUT2D eigenvalue weighted by Gasteiger charge is 2.55. The van der Waals surface area contributed by atoms with E-state index in [-0.39, 0.29) is 39.9 Å². The zero-order valence-electron chi connectivity index (χ0n) is 16.5. The first-order valence-corrected chi connectivity index (χ1v) is 11.8. The first-order valence-electron chi connectivity index (χ1n) is 10.3. The van der Waals surface area contributed by atoms with E-state index in [0.717, 1.165) is 38.6 Å². The van der Waals surface area contributed by atoms with Crippen molar-refractivity contribution in [1.29, 1.82) is 0 Å². The molecular weight excluding hydrogens is 394 g/mol. The number of nitro benzene ring substituents is 1. The minimum atomic E-state index is -3.77. The van der Waals surface area contributed by atoms with Gasteiger partial charge in [-0.05, 0) is 62.5 Å². The summed E-state index contributed by atoms with van der Waals surface area (Å²) < 4.78 is 28.6. The van der Waals surface area contributed by atoms with Gasteiger partial charge in [0, 0.05) is 36.7 Å². The van der Waals surface area contributed by atoms with Gasteiger partial charge in [-0.1, -0.05) is 6.92 Å². The fourth-order valence-corrected chi connectivity index (χ4v) is 7.22. The molecule has 1 amide bonds. The van der Waals surface area contributed by atoms with Gasteiger partial charge in [0.1, 0.15) is 0 Å². The lowest BCUT2D eigenvalue weighted by atomic mass is 9.63. The predicted molar refractivity (Wildman–Crippen MR) is 107 cm³/mol. The molecule has 0 bridgehead atoms. The first-order chi connectivity index (χ1) is 13.7. The summed E-state index contributed by atoms with van der Waals surface area (Å²) in [5.41, 5.74) is -0.246. The van der Waals surface area contributed by atoms with Crippen LogP contribution in [0.1, 0.15) is 51.9 Å². The Morgan fingerprint density at radius 1 is 1.17 bits per heavy atom. The maximum absolute atomic E-state index is 12.9. The highest BCUT2D eigenvalue weighted by molar-refractivity contribution is 7.89. The summed E-state index contributed by atoms with van der Waals surface area (Å²) in [7, 11) is -3.77. The molecule has 1 aliphatic carbocycles. The van der Waals surface area contributed by atoms with E-state index in [4.69, 9.17) is 0 Å². The van der Waals surface area contributed by atoms with Gasteiger partial charge in [0.15, 0.2) is 0 Å². The Kier molecular flexibility index (Phi) is 5.14. The number of sulfonamides is 1. The Morgan fingerprint density at radius 2 is 1.90 bits per heavy atom. The summed E-state index contributed by atoms with van der Waals surface area (Å²) in [6, 6.07) is 4.76. The number of rotatable bonds is 4. The van der Waals surface area contributed by atoms with Crippen molar-refractivity contribution >= 4 is 21.6 Å². The second-order valence-corrected chi connectivity index (χ2v) is 10.3. The van der Waals surface area contributed by atoms with Crippen molar-refractivity contribution < 1.29 is 18.1 Å². The predicted octanol–water partition coefficient (Wildman–Crippen LogP) is 2.83. The molecule has 1 saturated carbocycles. The summed E-state index contributed by atoms with van der Waals surface area (Å²) in [5.74, 6) is 0.653. The van der Waals surface area contributed by atoms with Gasteiger partial charge in [-0.3, -0.25) is 14.9 Å². The Hall–Kier alpha value is -2.00. The molecule has 3 aliphatic rings. The van der Waals surface area contributed by atoms with E-state index < -0.39 is 14.9 Å². The van der Waals surface area contributed by atoms with Crippen LogP contribution in [-0.4, -0.2) is 42.3 Å². The van der Waals surface area contributed by atoms with E-state index in [0.29, 0.717) is 12.8 Å². The third kappa shape index (κ3) is 3.44. The summed E-state index contributed by atoms with van der Waals surface area (Å²) in [4.78, 5) is 25.0. The maximum Gasteiger partial charge on any atom is 0.269 e. The summed E-state index contributed by atoms with van der Waals surface area (Å²) in [6.45, 7) is 2.92. The van der Waals surface area contributed by atoms with Gasteiger partial charge in [-0.25, -0.2) is 13.1 Å². The smallest absolute Gasteiger partial charge is 0.269 e.